The maximum atomic E-state index is 5.52. The molecule has 0 saturated heterocycles. The van der Waals surface area contributed by atoms with Crippen LogP contribution in [0.2, 0.25) is 0 Å². The van der Waals surface area contributed by atoms with Crippen molar-refractivity contribution >= 4 is 50.3 Å². The largest absolute Gasteiger partial charge is 0.340 e. The first-order valence-corrected chi connectivity index (χ1v) is 8.58. The summed E-state index contributed by atoms with van der Waals surface area (Å²) in [7, 11) is 0. The molecule has 1 heterocycles. The van der Waals surface area contributed by atoms with E-state index in [9.17, 15) is 0 Å². The van der Waals surface area contributed by atoms with Crippen LogP contribution in [0, 0.1) is 6.92 Å². The Morgan fingerprint density at radius 2 is 2.05 bits per heavy atom. The highest BCUT2D eigenvalue weighted by Crippen LogP contribution is 2.23. The van der Waals surface area contributed by atoms with Gasteiger partial charge < -0.3 is 10.2 Å². The number of rotatable bonds is 5. The van der Waals surface area contributed by atoms with Crippen LogP contribution in [0.4, 0.5) is 5.69 Å². The summed E-state index contributed by atoms with van der Waals surface area (Å²) in [5, 5.41) is 3.99. The van der Waals surface area contributed by atoms with E-state index in [-0.39, 0.29) is 0 Å². The lowest BCUT2D eigenvalue weighted by Crippen LogP contribution is -2.34. The number of nitrogens with zero attached hydrogens (tertiary/aromatic N) is 1. The summed E-state index contributed by atoms with van der Waals surface area (Å²) < 4.78 is 1.13. The molecule has 1 aromatic heterocycles. The molecule has 0 aliphatic heterocycles. The fourth-order valence-electron chi connectivity index (χ4n) is 1.84. The van der Waals surface area contributed by atoms with Crippen molar-refractivity contribution in [2.75, 3.05) is 11.9 Å². The standard InChI is InChI=1S/C16H17BrN2S2/c1-3-10-19(11-14-8-9-15(17)21-14)16(20)18-13-6-4-12(2)5-7-13/h3-9H,1,10-11H2,2H3,(H,18,20). The molecule has 2 rings (SSSR count). The third kappa shape index (κ3) is 4.95. The second-order valence-electron chi connectivity index (χ2n) is 4.67. The van der Waals surface area contributed by atoms with E-state index in [2.05, 4.69) is 63.9 Å². The molecule has 0 unspecified atom stereocenters. The number of hydrogen-bond acceptors (Lipinski definition) is 2. The zero-order valence-electron chi connectivity index (χ0n) is 11.8. The molecule has 0 saturated carbocycles. The summed E-state index contributed by atoms with van der Waals surface area (Å²) in [6, 6.07) is 12.4. The van der Waals surface area contributed by atoms with Crippen LogP contribution < -0.4 is 5.32 Å². The van der Waals surface area contributed by atoms with Crippen molar-refractivity contribution in [1.82, 2.24) is 4.90 Å². The van der Waals surface area contributed by atoms with E-state index in [4.69, 9.17) is 12.2 Å². The summed E-state index contributed by atoms with van der Waals surface area (Å²) >= 11 is 10.7. The first-order valence-electron chi connectivity index (χ1n) is 6.56. The molecule has 110 valence electrons. The van der Waals surface area contributed by atoms with Crippen LogP contribution >= 0.6 is 39.5 Å². The second-order valence-corrected chi connectivity index (χ2v) is 7.61. The minimum absolute atomic E-state index is 0.711. The number of halogens is 1. The summed E-state index contributed by atoms with van der Waals surface area (Å²) in [6.07, 6.45) is 1.87. The molecule has 21 heavy (non-hydrogen) atoms. The summed E-state index contributed by atoms with van der Waals surface area (Å²) in [4.78, 5) is 3.36. The van der Waals surface area contributed by atoms with E-state index < -0.39 is 0 Å². The molecule has 1 aromatic carbocycles. The second kappa shape index (κ2) is 7.73. The molecule has 0 atom stereocenters. The molecular weight excluding hydrogens is 364 g/mol. The van der Waals surface area contributed by atoms with Crippen LogP contribution in [0.15, 0.2) is 52.8 Å². The summed E-state index contributed by atoms with van der Waals surface area (Å²) in [5.74, 6) is 0. The number of anilines is 1. The zero-order valence-corrected chi connectivity index (χ0v) is 15.0. The highest BCUT2D eigenvalue weighted by molar-refractivity contribution is 9.11. The molecule has 1 N–H and O–H groups in total. The van der Waals surface area contributed by atoms with Gasteiger partial charge in [0.05, 0.1) is 10.3 Å². The van der Waals surface area contributed by atoms with Crippen molar-refractivity contribution in [3.05, 3.63) is 63.3 Å². The Balaban J connectivity index is 2.04. The van der Waals surface area contributed by atoms with Gasteiger partial charge in [0.2, 0.25) is 0 Å². The smallest absolute Gasteiger partial charge is 0.174 e. The molecule has 0 radical (unpaired) electrons. The van der Waals surface area contributed by atoms with Gasteiger partial charge >= 0.3 is 0 Å². The van der Waals surface area contributed by atoms with Crippen molar-refractivity contribution in [1.29, 1.82) is 0 Å². The van der Waals surface area contributed by atoms with Crippen molar-refractivity contribution in [2.24, 2.45) is 0 Å². The van der Waals surface area contributed by atoms with Gasteiger partial charge in [-0.25, -0.2) is 0 Å². The highest BCUT2D eigenvalue weighted by atomic mass is 79.9. The Labute approximate surface area is 143 Å². The Morgan fingerprint density at radius 1 is 1.33 bits per heavy atom. The van der Waals surface area contributed by atoms with Crippen molar-refractivity contribution < 1.29 is 0 Å². The van der Waals surface area contributed by atoms with Gasteiger partial charge in [-0.3, -0.25) is 0 Å². The first-order chi connectivity index (χ1) is 10.1. The van der Waals surface area contributed by atoms with Crippen molar-refractivity contribution in [3.63, 3.8) is 0 Å². The molecule has 2 aromatic rings. The Morgan fingerprint density at radius 3 is 2.62 bits per heavy atom. The average molecular weight is 381 g/mol. The Bertz CT molecular complexity index is 619. The Hall–Kier alpha value is -1.17. The number of thiocarbonyl (C=S) groups is 1. The topological polar surface area (TPSA) is 15.3 Å². The lowest BCUT2D eigenvalue weighted by Gasteiger charge is -2.24. The first kappa shape index (κ1) is 16.2. The third-order valence-corrected chi connectivity index (χ3v) is 4.88. The van der Waals surface area contributed by atoms with Crippen molar-refractivity contribution in [3.8, 4) is 0 Å². The maximum absolute atomic E-state index is 5.52. The van der Waals surface area contributed by atoms with E-state index in [0.717, 1.165) is 16.0 Å². The molecule has 0 spiro atoms. The quantitative estimate of drug-likeness (QED) is 0.566. The van der Waals surface area contributed by atoms with E-state index in [1.54, 1.807) is 11.3 Å². The molecule has 0 fully saturated rings. The number of aryl methyl sites for hydroxylation is 1. The van der Waals surface area contributed by atoms with Gasteiger partial charge in [-0.2, -0.15) is 0 Å². The normalized spacial score (nSPS) is 10.2. The monoisotopic (exact) mass is 380 g/mol. The summed E-state index contributed by atoms with van der Waals surface area (Å²) in [5.41, 5.74) is 2.24. The number of thiophene rings is 1. The number of nitrogens with one attached hydrogen (secondary N) is 1. The van der Waals surface area contributed by atoms with Crippen molar-refractivity contribution in [2.45, 2.75) is 13.5 Å². The minimum Gasteiger partial charge on any atom is -0.340 e. The van der Waals surface area contributed by atoms with Gasteiger partial charge in [0.15, 0.2) is 5.11 Å². The predicted molar refractivity (Wildman–Crippen MR) is 100 cm³/mol. The molecule has 0 aliphatic carbocycles. The lowest BCUT2D eigenvalue weighted by atomic mass is 10.2. The zero-order chi connectivity index (χ0) is 15.2. The maximum Gasteiger partial charge on any atom is 0.174 e. The van der Waals surface area contributed by atoms with Gasteiger partial charge in [-0.05, 0) is 59.3 Å². The fourth-order valence-corrected chi connectivity index (χ4v) is 3.60. The van der Waals surface area contributed by atoms with E-state index >= 15 is 0 Å². The third-order valence-electron chi connectivity index (χ3n) is 2.92. The lowest BCUT2D eigenvalue weighted by molar-refractivity contribution is 0.468. The SMILES string of the molecule is C=CCN(Cc1ccc(Br)s1)C(=S)Nc1ccc(C)cc1. The van der Waals surface area contributed by atoms with Gasteiger partial charge in [0.25, 0.3) is 0 Å². The van der Waals surface area contributed by atoms with Gasteiger partial charge in [0.1, 0.15) is 0 Å². The van der Waals surface area contributed by atoms with Crippen LogP contribution in [-0.2, 0) is 6.54 Å². The van der Waals surface area contributed by atoms with Gasteiger partial charge in [0, 0.05) is 17.1 Å². The van der Waals surface area contributed by atoms with Gasteiger partial charge in [-0.1, -0.05) is 23.8 Å². The minimum atomic E-state index is 0.711. The highest BCUT2D eigenvalue weighted by Gasteiger charge is 2.10. The van der Waals surface area contributed by atoms with Gasteiger partial charge in [-0.15, -0.1) is 17.9 Å². The van der Waals surface area contributed by atoms with Crippen LogP contribution in [-0.4, -0.2) is 16.6 Å². The Kier molecular flexibility index (Phi) is 5.96. The fraction of sp³-hybridized carbons (Fsp3) is 0.188. The van der Waals surface area contributed by atoms with E-state index in [0.29, 0.717) is 11.7 Å². The molecule has 0 bridgehead atoms. The van der Waals surface area contributed by atoms with Crippen LogP contribution in [0.1, 0.15) is 10.4 Å². The van der Waals surface area contributed by atoms with E-state index in [1.165, 1.54) is 10.4 Å². The molecule has 5 heteroatoms. The van der Waals surface area contributed by atoms with Crippen LogP contribution in [0.25, 0.3) is 0 Å². The predicted octanol–water partition coefficient (Wildman–Crippen LogP) is 5.20. The van der Waals surface area contributed by atoms with Crippen LogP contribution in [0.3, 0.4) is 0 Å². The molecular formula is C16H17BrN2S2. The summed E-state index contributed by atoms with van der Waals surface area (Å²) in [6.45, 7) is 7.38. The average Bonchev–Trinajstić information content (AvgIpc) is 2.86. The molecule has 2 nitrogen and oxygen atoms in total. The van der Waals surface area contributed by atoms with E-state index in [1.807, 2.05) is 18.2 Å². The number of benzene rings is 1. The number of hydrogen-bond donors (Lipinski definition) is 1. The molecule has 0 aliphatic rings. The molecule has 0 amide bonds. The van der Waals surface area contributed by atoms with Crippen LogP contribution in [0.5, 0.6) is 0 Å².